The third kappa shape index (κ3) is 3.15. The molecule has 0 N–H and O–H groups in total. The number of benzene rings is 2. The molecular weight excluding hydrogens is 367 g/mol. The zero-order chi connectivity index (χ0) is 19.8. The van der Waals surface area contributed by atoms with Gasteiger partial charge in [0, 0.05) is 17.1 Å². The van der Waals surface area contributed by atoms with E-state index in [0.29, 0.717) is 23.8 Å². The van der Waals surface area contributed by atoms with Crippen LogP contribution in [0.1, 0.15) is 16.7 Å². The molecule has 0 radical (unpaired) electrons. The first-order valence-corrected chi connectivity index (χ1v) is 9.21. The van der Waals surface area contributed by atoms with Gasteiger partial charge in [0.25, 0.3) is 0 Å². The Morgan fingerprint density at radius 1 is 1.17 bits per heavy atom. The van der Waals surface area contributed by atoms with Crippen LogP contribution < -0.4 is 0 Å². The van der Waals surface area contributed by atoms with Gasteiger partial charge in [0.15, 0.2) is 0 Å². The summed E-state index contributed by atoms with van der Waals surface area (Å²) in [7, 11) is 0. The first-order valence-electron chi connectivity index (χ1n) is 9.21. The second-order valence-electron chi connectivity index (χ2n) is 6.92. The SMILES string of the molecule is N#Cc1ccc(C2=NN3C(=NCC3Cc3ccc4ncccc4c3)N=C2)cc1F. The van der Waals surface area contributed by atoms with Gasteiger partial charge in [0.05, 0.1) is 29.9 Å². The lowest BCUT2D eigenvalue weighted by molar-refractivity contribution is 0.354. The number of rotatable bonds is 3. The summed E-state index contributed by atoms with van der Waals surface area (Å²) >= 11 is 0. The summed E-state index contributed by atoms with van der Waals surface area (Å²) in [5, 5.41) is 16.5. The highest BCUT2D eigenvalue weighted by Gasteiger charge is 2.30. The van der Waals surface area contributed by atoms with Gasteiger partial charge in [-0.25, -0.2) is 19.4 Å². The van der Waals surface area contributed by atoms with Crippen LogP contribution in [0.5, 0.6) is 0 Å². The summed E-state index contributed by atoms with van der Waals surface area (Å²) < 4.78 is 14.0. The Labute approximate surface area is 166 Å². The molecule has 2 aliphatic rings. The van der Waals surface area contributed by atoms with Crippen LogP contribution in [0.3, 0.4) is 0 Å². The van der Waals surface area contributed by atoms with Gasteiger partial charge in [-0.15, -0.1) is 0 Å². The third-order valence-electron chi connectivity index (χ3n) is 5.04. The van der Waals surface area contributed by atoms with E-state index in [1.54, 1.807) is 23.5 Å². The monoisotopic (exact) mass is 382 g/mol. The van der Waals surface area contributed by atoms with E-state index in [9.17, 15) is 4.39 Å². The predicted octanol–water partition coefficient (Wildman–Crippen LogP) is 3.32. The number of aliphatic imine (C=N–C) groups is 2. The maximum absolute atomic E-state index is 14.0. The molecule has 7 heteroatoms. The first-order chi connectivity index (χ1) is 14.2. The van der Waals surface area contributed by atoms with Crippen molar-refractivity contribution in [3.63, 3.8) is 0 Å². The van der Waals surface area contributed by atoms with Crippen molar-refractivity contribution in [2.45, 2.75) is 12.5 Å². The Morgan fingerprint density at radius 3 is 2.97 bits per heavy atom. The average Bonchev–Trinajstić information content (AvgIpc) is 3.15. The fourth-order valence-electron chi connectivity index (χ4n) is 3.56. The van der Waals surface area contributed by atoms with Crippen LogP contribution in [0.2, 0.25) is 0 Å². The number of hydrazone groups is 1. The second-order valence-corrected chi connectivity index (χ2v) is 6.92. The number of halogens is 1. The van der Waals surface area contributed by atoms with Crippen LogP contribution in [0.4, 0.5) is 4.39 Å². The summed E-state index contributed by atoms with van der Waals surface area (Å²) in [4.78, 5) is 13.2. The average molecular weight is 382 g/mol. The minimum absolute atomic E-state index is 0.00851. The molecule has 0 saturated heterocycles. The normalized spacial score (nSPS) is 17.7. The number of nitriles is 1. The Hall–Kier alpha value is -3.92. The van der Waals surface area contributed by atoms with Crippen molar-refractivity contribution in [1.82, 2.24) is 9.99 Å². The lowest BCUT2D eigenvalue weighted by Gasteiger charge is -2.24. The van der Waals surface area contributed by atoms with E-state index in [-0.39, 0.29) is 11.6 Å². The van der Waals surface area contributed by atoms with Crippen LogP contribution in [-0.4, -0.2) is 40.5 Å². The molecule has 5 rings (SSSR count). The molecule has 2 aromatic carbocycles. The second kappa shape index (κ2) is 6.91. The van der Waals surface area contributed by atoms with Gasteiger partial charge in [-0.1, -0.05) is 18.2 Å². The van der Waals surface area contributed by atoms with Crippen LogP contribution in [-0.2, 0) is 6.42 Å². The molecular formula is C22H15FN6. The number of pyridine rings is 1. The molecule has 1 unspecified atom stereocenters. The minimum atomic E-state index is -0.566. The van der Waals surface area contributed by atoms with E-state index in [0.717, 1.165) is 17.3 Å². The molecule has 1 aromatic heterocycles. The van der Waals surface area contributed by atoms with E-state index < -0.39 is 5.82 Å². The highest BCUT2D eigenvalue weighted by atomic mass is 19.1. The smallest absolute Gasteiger partial charge is 0.241 e. The van der Waals surface area contributed by atoms with E-state index >= 15 is 0 Å². The highest BCUT2D eigenvalue weighted by Crippen LogP contribution is 2.22. The maximum atomic E-state index is 14.0. The fourth-order valence-corrected chi connectivity index (χ4v) is 3.56. The number of fused-ring (bicyclic) bond motifs is 2. The molecule has 0 fully saturated rings. The van der Waals surface area contributed by atoms with Gasteiger partial charge < -0.3 is 0 Å². The van der Waals surface area contributed by atoms with Crippen molar-refractivity contribution in [3.05, 3.63) is 77.2 Å². The standard InChI is InChI=1S/C22H15FN6/c23-19-10-16(4-5-17(19)11-24)21-13-27-22-26-12-18(29(22)28-21)9-14-3-6-20-15(8-14)2-1-7-25-20/h1-8,10,13,18H,9,12H2. The van der Waals surface area contributed by atoms with Gasteiger partial charge in [-0.3, -0.25) is 4.98 Å². The summed E-state index contributed by atoms with van der Waals surface area (Å²) in [5.74, 6) is -0.00127. The van der Waals surface area contributed by atoms with Gasteiger partial charge in [0.2, 0.25) is 5.96 Å². The molecule has 6 nitrogen and oxygen atoms in total. The Bertz CT molecular complexity index is 1250. The molecule has 0 aliphatic carbocycles. The molecule has 140 valence electrons. The zero-order valence-electron chi connectivity index (χ0n) is 15.3. The number of nitrogens with zero attached hydrogens (tertiary/aromatic N) is 6. The lowest BCUT2D eigenvalue weighted by Crippen LogP contribution is -2.36. The molecule has 0 saturated carbocycles. The Balaban J connectivity index is 1.41. The molecule has 3 aromatic rings. The van der Waals surface area contributed by atoms with Crippen molar-refractivity contribution in [3.8, 4) is 6.07 Å². The molecule has 29 heavy (non-hydrogen) atoms. The van der Waals surface area contributed by atoms with Gasteiger partial charge in [0.1, 0.15) is 17.6 Å². The van der Waals surface area contributed by atoms with Crippen molar-refractivity contribution >= 4 is 28.8 Å². The largest absolute Gasteiger partial charge is 0.256 e. The van der Waals surface area contributed by atoms with Crippen LogP contribution in [0.25, 0.3) is 10.9 Å². The highest BCUT2D eigenvalue weighted by molar-refractivity contribution is 6.40. The van der Waals surface area contributed by atoms with E-state index in [2.05, 4.69) is 32.2 Å². The van der Waals surface area contributed by atoms with Crippen molar-refractivity contribution in [2.24, 2.45) is 15.1 Å². The summed E-state index contributed by atoms with van der Waals surface area (Å²) in [6.45, 7) is 0.594. The third-order valence-corrected chi connectivity index (χ3v) is 5.04. The van der Waals surface area contributed by atoms with Crippen LogP contribution >= 0.6 is 0 Å². The zero-order valence-corrected chi connectivity index (χ0v) is 15.3. The van der Waals surface area contributed by atoms with Gasteiger partial charge >= 0.3 is 0 Å². The summed E-state index contributed by atoms with van der Waals surface area (Å²) in [6.07, 6.45) is 4.12. The van der Waals surface area contributed by atoms with Gasteiger partial charge in [-0.05, 0) is 42.3 Å². The predicted molar refractivity (Wildman–Crippen MR) is 110 cm³/mol. The van der Waals surface area contributed by atoms with E-state index in [4.69, 9.17) is 5.26 Å². The van der Waals surface area contributed by atoms with Gasteiger partial charge in [-0.2, -0.15) is 10.4 Å². The van der Waals surface area contributed by atoms with E-state index in [1.807, 2.05) is 24.3 Å². The summed E-state index contributed by atoms with van der Waals surface area (Å²) in [6, 6.07) is 16.5. The molecule has 1 atom stereocenters. The molecule has 0 amide bonds. The van der Waals surface area contributed by atoms with Crippen molar-refractivity contribution < 1.29 is 4.39 Å². The Morgan fingerprint density at radius 2 is 2.10 bits per heavy atom. The topological polar surface area (TPSA) is 77.0 Å². The quantitative estimate of drug-likeness (QED) is 0.697. The molecule has 0 bridgehead atoms. The fraction of sp³-hybridized carbons (Fsp3) is 0.136. The molecule has 0 spiro atoms. The number of hydrogen-bond acceptors (Lipinski definition) is 6. The first kappa shape index (κ1) is 17.2. The maximum Gasteiger partial charge on any atom is 0.241 e. The lowest BCUT2D eigenvalue weighted by atomic mass is 10.0. The Kier molecular flexibility index (Phi) is 4.10. The summed E-state index contributed by atoms with van der Waals surface area (Å²) in [5.41, 5.74) is 3.26. The van der Waals surface area contributed by atoms with Crippen LogP contribution in [0.15, 0.2) is 69.8 Å². The van der Waals surface area contributed by atoms with E-state index in [1.165, 1.54) is 17.7 Å². The van der Waals surface area contributed by atoms with Crippen molar-refractivity contribution in [2.75, 3.05) is 6.54 Å². The molecule has 3 heterocycles. The molecule has 2 aliphatic heterocycles. The van der Waals surface area contributed by atoms with Crippen molar-refractivity contribution in [1.29, 1.82) is 5.26 Å². The number of hydrogen-bond donors (Lipinski definition) is 0. The number of aromatic nitrogens is 1. The number of guanidine groups is 1. The van der Waals surface area contributed by atoms with Crippen LogP contribution in [0, 0.1) is 17.1 Å². The minimum Gasteiger partial charge on any atom is -0.256 e.